The SMILES string of the molecule is Nc1ccc(Cl)c(C(=O)NCc2cnccn2)c1. The second kappa shape index (κ2) is 5.46. The number of nitrogen functional groups attached to an aromatic ring is 1. The first-order valence-corrected chi connectivity index (χ1v) is 5.63. The van der Waals surface area contributed by atoms with Crippen LogP contribution in [0, 0.1) is 0 Å². The summed E-state index contributed by atoms with van der Waals surface area (Å²) in [5.74, 6) is -0.294. The Bertz CT molecular complexity index is 559. The van der Waals surface area contributed by atoms with Crippen LogP contribution in [-0.2, 0) is 6.54 Å². The van der Waals surface area contributed by atoms with Crippen molar-refractivity contribution in [1.29, 1.82) is 0 Å². The second-order valence-corrected chi connectivity index (χ2v) is 4.03. The molecule has 2 aromatic rings. The molecule has 0 bridgehead atoms. The fourth-order valence-corrected chi connectivity index (χ4v) is 1.61. The summed E-state index contributed by atoms with van der Waals surface area (Å²) in [6, 6.07) is 4.77. The van der Waals surface area contributed by atoms with Gasteiger partial charge >= 0.3 is 0 Å². The van der Waals surface area contributed by atoms with E-state index in [1.807, 2.05) is 0 Å². The fraction of sp³-hybridized carbons (Fsp3) is 0.0833. The Hall–Kier alpha value is -2.14. The number of aromatic nitrogens is 2. The lowest BCUT2D eigenvalue weighted by Crippen LogP contribution is -2.23. The molecule has 0 saturated heterocycles. The van der Waals surface area contributed by atoms with Gasteiger partial charge in [0.2, 0.25) is 0 Å². The number of anilines is 1. The van der Waals surface area contributed by atoms with Gasteiger partial charge in [-0.1, -0.05) is 11.6 Å². The lowest BCUT2D eigenvalue weighted by molar-refractivity contribution is 0.0950. The van der Waals surface area contributed by atoms with Gasteiger partial charge in [0.05, 0.1) is 29.0 Å². The van der Waals surface area contributed by atoms with E-state index in [1.165, 1.54) is 6.07 Å². The Kier molecular flexibility index (Phi) is 3.74. The quantitative estimate of drug-likeness (QED) is 0.824. The molecule has 92 valence electrons. The minimum absolute atomic E-state index is 0.289. The molecule has 1 amide bonds. The van der Waals surface area contributed by atoms with E-state index in [-0.39, 0.29) is 12.5 Å². The van der Waals surface area contributed by atoms with Gasteiger partial charge < -0.3 is 11.1 Å². The molecule has 2 rings (SSSR count). The van der Waals surface area contributed by atoms with Crippen molar-refractivity contribution in [2.24, 2.45) is 0 Å². The van der Waals surface area contributed by atoms with Crippen LogP contribution in [0.2, 0.25) is 5.02 Å². The molecule has 0 atom stereocenters. The number of nitrogens with one attached hydrogen (secondary N) is 1. The number of amides is 1. The smallest absolute Gasteiger partial charge is 0.253 e. The van der Waals surface area contributed by atoms with Crippen LogP contribution in [0.1, 0.15) is 16.1 Å². The van der Waals surface area contributed by atoms with E-state index in [2.05, 4.69) is 15.3 Å². The molecule has 0 aliphatic heterocycles. The third-order valence-corrected chi connectivity index (χ3v) is 2.61. The minimum atomic E-state index is -0.294. The molecule has 0 aliphatic rings. The van der Waals surface area contributed by atoms with Crippen LogP contribution in [0.25, 0.3) is 0 Å². The van der Waals surface area contributed by atoms with Gasteiger partial charge in [-0.15, -0.1) is 0 Å². The second-order valence-electron chi connectivity index (χ2n) is 3.62. The highest BCUT2D eigenvalue weighted by Crippen LogP contribution is 2.18. The number of benzene rings is 1. The first-order valence-electron chi connectivity index (χ1n) is 5.25. The summed E-state index contributed by atoms with van der Waals surface area (Å²) in [5, 5.41) is 3.06. The zero-order valence-corrected chi connectivity index (χ0v) is 10.2. The molecule has 5 nitrogen and oxygen atoms in total. The average molecular weight is 263 g/mol. The number of carbonyl (C=O) groups is 1. The predicted molar refractivity (Wildman–Crippen MR) is 69.1 cm³/mol. The topological polar surface area (TPSA) is 80.9 Å². The van der Waals surface area contributed by atoms with Crippen molar-refractivity contribution in [3.8, 4) is 0 Å². The van der Waals surface area contributed by atoms with Crippen molar-refractivity contribution in [2.75, 3.05) is 5.73 Å². The van der Waals surface area contributed by atoms with Crippen molar-refractivity contribution in [3.05, 3.63) is 53.1 Å². The van der Waals surface area contributed by atoms with Crippen LogP contribution < -0.4 is 11.1 Å². The third-order valence-electron chi connectivity index (χ3n) is 2.28. The molecule has 0 saturated carbocycles. The molecule has 18 heavy (non-hydrogen) atoms. The summed E-state index contributed by atoms with van der Waals surface area (Å²) in [4.78, 5) is 19.8. The highest BCUT2D eigenvalue weighted by molar-refractivity contribution is 6.34. The maximum absolute atomic E-state index is 11.9. The number of rotatable bonds is 3. The van der Waals surface area contributed by atoms with Crippen LogP contribution in [-0.4, -0.2) is 15.9 Å². The molecule has 0 aliphatic carbocycles. The summed E-state index contributed by atoms with van der Waals surface area (Å²) in [7, 11) is 0. The Labute approximate surface area is 109 Å². The van der Waals surface area contributed by atoms with E-state index >= 15 is 0 Å². The molecule has 1 aromatic heterocycles. The Morgan fingerprint density at radius 2 is 2.22 bits per heavy atom. The van der Waals surface area contributed by atoms with Crippen LogP contribution in [0.5, 0.6) is 0 Å². The zero-order chi connectivity index (χ0) is 13.0. The molecular formula is C12H11ClN4O. The van der Waals surface area contributed by atoms with Gasteiger partial charge in [0.25, 0.3) is 5.91 Å². The maximum Gasteiger partial charge on any atom is 0.253 e. The maximum atomic E-state index is 11.9. The summed E-state index contributed by atoms with van der Waals surface area (Å²) in [6.45, 7) is 0.289. The number of carbonyl (C=O) groups excluding carboxylic acids is 1. The highest BCUT2D eigenvalue weighted by Gasteiger charge is 2.10. The average Bonchev–Trinajstić information content (AvgIpc) is 2.40. The number of hydrogen-bond donors (Lipinski definition) is 2. The lowest BCUT2D eigenvalue weighted by Gasteiger charge is -2.06. The number of halogens is 1. The van der Waals surface area contributed by atoms with Crippen molar-refractivity contribution < 1.29 is 4.79 Å². The molecule has 0 spiro atoms. The summed E-state index contributed by atoms with van der Waals surface area (Å²) >= 11 is 5.93. The van der Waals surface area contributed by atoms with E-state index in [0.717, 1.165) is 0 Å². The van der Waals surface area contributed by atoms with Crippen molar-refractivity contribution in [3.63, 3.8) is 0 Å². The molecule has 6 heteroatoms. The molecule has 1 aromatic carbocycles. The monoisotopic (exact) mass is 262 g/mol. The van der Waals surface area contributed by atoms with Crippen LogP contribution in [0.4, 0.5) is 5.69 Å². The van der Waals surface area contributed by atoms with Crippen molar-refractivity contribution in [2.45, 2.75) is 6.54 Å². The first-order chi connectivity index (χ1) is 8.66. The Morgan fingerprint density at radius 3 is 2.94 bits per heavy atom. The van der Waals surface area contributed by atoms with E-state index in [4.69, 9.17) is 17.3 Å². The van der Waals surface area contributed by atoms with Gasteiger partial charge in [-0.25, -0.2) is 0 Å². The summed E-state index contributed by atoms with van der Waals surface area (Å²) in [5.41, 5.74) is 7.12. The van der Waals surface area contributed by atoms with Crippen LogP contribution in [0.3, 0.4) is 0 Å². The Balaban J connectivity index is 2.06. The number of hydrogen-bond acceptors (Lipinski definition) is 4. The molecule has 1 heterocycles. The third kappa shape index (κ3) is 2.95. The standard InChI is InChI=1S/C12H11ClN4O/c13-11-2-1-8(14)5-10(11)12(18)17-7-9-6-15-3-4-16-9/h1-6H,7,14H2,(H,17,18). The van der Waals surface area contributed by atoms with E-state index < -0.39 is 0 Å². The van der Waals surface area contributed by atoms with Gasteiger partial charge in [0.1, 0.15) is 0 Å². The van der Waals surface area contributed by atoms with Gasteiger partial charge in [-0.3, -0.25) is 14.8 Å². The lowest BCUT2D eigenvalue weighted by atomic mass is 10.2. The van der Waals surface area contributed by atoms with Gasteiger partial charge in [-0.2, -0.15) is 0 Å². The Morgan fingerprint density at radius 1 is 1.39 bits per heavy atom. The number of nitrogens with zero attached hydrogens (tertiary/aromatic N) is 2. The molecule has 0 fully saturated rings. The number of nitrogens with two attached hydrogens (primary N) is 1. The van der Waals surface area contributed by atoms with Crippen LogP contribution >= 0.6 is 11.6 Å². The van der Waals surface area contributed by atoms with Crippen LogP contribution in [0.15, 0.2) is 36.8 Å². The molecule has 3 N–H and O–H groups in total. The first kappa shape index (κ1) is 12.3. The van der Waals surface area contributed by atoms with Crippen molar-refractivity contribution in [1.82, 2.24) is 15.3 Å². The minimum Gasteiger partial charge on any atom is -0.399 e. The van der Waals surface area contributed by atoms with Gasteiger partial charge in [-0.05, 0) is 18.2 Å². The molecule has 0 unspecified atom stereocenters. The van der Waals surface area contributed by atoms with E-state index in [9.17, 15) is 4.79 Å². The fourth-order valence-electron chi connectivity index (χ4n) is 1.40. The molecular weight excluding hydrogens is 252 g/mol. The molecule has 0 radical (unpaired) electrons. The van der Waals surface area contributed by atoms with Gasteiger partial charge in [0, 0.05) is 18.1 Å². The largest absolute Gasteiger partial charge is 0.399 e. The van der Waals surface area contributed by atoms with E-state index in [1.54, 1.807) is 30.7 Å². The highest BCUT2D eigenvalue weighted by atomic mass is 35.5. The van der Waals surface area contributed by atoms with E-state index in [0.29, 0.717) is 22.0 Å². The zero-order valence-electron chi connectivity index (χ0n) is 9.43. The normalized spacial score (nSPS) is 10.1. The summed E-state index contributed by atoms with van der Waals surface area (Å²) < 4.78 is 0. The van der Waals surface area contributed by atoms with Gasteiger partial charge in [0.15, 0.2) is 0 Å². The van der Waals surface area contributed by atoms with Crippen molar-refractivity contribution >= 4 is 23.2 Å². The summed E-state index contributed by atoms with van der Waals surface area (Å²) in [6.07, 6.45) is 4.72. The predicted octanol–water partition coefficient (Wildman–Crippen LogP) is 1.64.